The number of nitrogens with zero attached hydrogens (tertiary/aromatic N) is 3. The summed E-state index contributed by atoms with van der Waals surface area (Å²) in [5, 5.41) is 8.49. The van der Waals surface area contributed by atoms with E-state index in [-0.39, 0.29) is 18.4 Å². The van der Waals surface area contributed by atoms with Gasteiger partial charge in [-0.25, -0.2) is 0 Å². The summed E-state index contributed by atoms with van der Waals surface area (Å²) in [6.45, 7) is 3.69. The Morgan fingerprint density at radius 1 is 0.931 bits per heavy atom. The van der Waals surface area contributed by atoms with Crippen LogP contribution in [0.15, 0.2) is 91.4 Å². The molecule has 2 aromatic heterocycles. The summed E-state index contributed by atoms with van der Waals surface area (Å²) in [5.41, 5.74) is 5.71. The smallest absolute Gasteiger partial charge is 0.0983 e. The molecule has 1 N–H and O–H groups in total. The van der Waals surface area contributed by atoms with Gasteiger partial charge in [0.15, 0.2) is 0 Å². The Balaban J connectivity index is 0.00000240. The van der Waals surface area contributed by atoms with Crippen molar-refractivity contribution >= 4 is 12.4 Å². The maximum Gasteiger partial charge on any atom is 0.0983 e. The molecule has 0 aliphatic carbocycles. The van der Waals surface area contributed by atoms with Crippen LogP contribution in [-0.2, 0) is 13.1 Å². The molecule has 0 aliphatic heterocycles. The molecule has 4 aromatic rings. The zero-order valence-electron chi connectivity index (χ0n) is 16.4. The Bertz CT molecular complexity index is 1000. The van der Waals surface area contributed by atoms with Crippen LogP contribution in [-0.4, -0.2) is 14.8 Å². The molecule has 148 valence electrons. The first kappa shape index (κ1) is 20.8. The molecule has 0 saturated heterocycles. The largest absolute Gasteiger partial charge is 0.306 e. The molecule has 1 atom stereocenters. The molecule has 0 fully saturated rings. The summed E-state index contributed by atoms with van der Waals surface area (Å²) in [4.78, 5) is 4.27. The molecule has 0 spiro atoms. The lowest BCUT2D eigenvalue weighted by atomic mass is 10.1. The number of benzene rings is 2. The van der Waals surface area contributed by atoms with E-state index in [1.54, 1.807) is 6.20 Å². The molecule has 5 heteroatoms. The molecule has 0 amide bonds. The molecule has 2 aromatic carbocycles. The molecular formula is C24H25ClN4. The van der Waals surface area contributed by atoms with Crippen LogP contribution < -0.4 is 5.32 Å². The number of hydrogen-bond donors (Lipinski definition) is 1. The van der Waals surface area contributed by atoms with Crippen molar-refractivity contribution in [3.05, 3.63) is 108 Å². The predicted molar refractivity (Wildman–Crippen MR) is 120 cm³/mol. The minimum absolute atomic E-state index is 0. The van der Waals surface area contributed by atoms with Crippen molar-refractivity contribution in [2.24, 2.45) is 0 Å². The number of aromatic nitrogens is 3. The van der Waals surface area contributed by atoms with Gasteiger partial charge in [-0.2, -0.15) is 5.10 Å². The number of nitrogens with one attached hydrogen (secondary N) is 1. The van der Waals surface area contributed by atoms with Crippen LogP contribution in [0.5, 0.6) is 0 Å². The Labute approximate surface area is 178 Å². The average molecular weight is 405 g/mol. The lowest BCUT2D eigenvalue weighted by Crippen LogP contribution is -2.18. The van der Waals surface area contributed by atoms with Crippen LogP contribution in [0.25, 0.3) is 11.3 Å². The van der Waals surface area contributed by atoms with Crippen LogP contribution in [0.1, 0.15) is 29.7 Å². The van der Waals surface area contributed by atoms with E-state index in [0.29, 0.717) is 0 Å². The van der Waals surface area contributed by atoms with Gasteiger partial charge in [0.1, 0.15) is 0 Å². The van der Waals surface area contributed by atoms with Gasteiger partial charge in [-0.1, -0.05) is 60.7 Å². The van der Waals surface area contributed by atoms with Crippen molar-refractivity contribution in [2.45, 2.75) is 26.1 Å². The van der Waals surface area contributed by atoms with E-state index in [9.17, 15) is 0 Å². The van der Waals surface area contributed by atoms with Crippen molar-refractivity contribution in [2.75, 3.05) is 0 Å². The van der Waals surface area contributed by atoms with Gasteiger partial charge in [0.2, 0.25) is 0 Å². The van der Waals surface area contributed by atoms with Gasteiger partial charge in [0, 0.05) is 42.3 Å². The van der Waals surface area contributed by atoms with E-state index in [1.165, 1.54) is 16.7 Å². The van der Waals surface area contributed by atoms with Gasteiger partial charge >= 0.3 is 0 Å². The summed E-state index contributed by atoms with van der Waals surface area (Å²) in [6.07, 6.45) is 5.80. The zero-order chi connectivity index (χ0) is 19.2. The van der Waals surface area contributed by atoms with E-state index in [4.69, 9.17) is 5.10 Å². The van der Waals surface area contributed by atoms with E-state index in [2.05, 4.69) is 78.0 Å². The van der Waals surface area contributed by atoms with Gasteiger partial charge in [0.05, 0.1) is 12.2 Å². The molecule has 29 heavy (non-hydrogen) atoms. The molecule has 4 nitrogen and oxygen atoms in total. The van der Waals surface area contributed by atoms with Crippen LogP contribution >= 0.6 is 12.4 Å². The third-order valence-corrected chi connectivity index (χ3v) is 4.86. The number of hydrogen-bond acceptors (Lipinski definition) is 3. The Kier molecular flexibility index (Phi) is 7.17. The predicted octanol–water partition coefficient (Wildman–Crippen LogP) is 5.27. The molecule has 0 bridgehead atoms. The maximum atomic E-state index is 4.86. The second-order valence-electron chi connectivity index (χ2n) is 6.94. The van der Waals surface area contributed by atoms with Crippen LogP contribution in [0.3, 0.4) is 0 Å². The summed E-state index contributed by atoms with van der Waals surface area (Å²) < 4.78 is 2.02. The minimum atomic E-state index is 0. The third-order valence-electron chi connectivity index (χ3n) is 4.86. The van der Waals surface area contributed by atoms with E-state index in [1.807, 2.05) is 29.1 Å². The lowest BCUT2D eigenvalue weighted by Gasteiger charge is -2.14. The van der Waals surface area contributed by atoms with Crippen molar-refractivity contribution in [3.63, 3.8) is 0 Å². The highest BCUT2D eigenvalue weighted by Crippen LogP contribution is 2.23. The zero-order valence-corrected chi connectivity index (χ0v) is 17.2. The van der Waals surface area contributed by atoms with Crippen molar-refractivity contribution in [1.29, 1.82) is 0 Å². The van der Waals surface area contributed by atoms with Crippen LogP contribution in [0, 0.1) is 0 Å². The van der Waals surface area contributed by atoms with E-state index in [0.717, 1.165) is 24.3 Å². The third kappa shape index (κ3) is 5.31. The first-order valence-electron chi connectivity index (χ1n) is 9.58. The highest BCUT2D eigenvalue weighted by molar-refractivity contribution is 5.85. The summed E-state index contributed by atoms with van der Waals surface area (Å²) in [6, 6.07) is 25.2. The standard InChI is InChI=1S/C24H24N4.ClH/c1-19(21-11-6-3-7-12-21)26-16-23-18-28(17-20-9-4-2-5-10-20)27-24(23)22-13-8-14-25-15-22;/h2-15,18-19,26H,16-17H2,1H3;1H. The summed E-state index contributed by atoms with van der Waals surface area (Å²) in [7, 11) is 0. The lowest BCUT2D eigenvalue weighted by molar-refractivity contribution is 0.574. The maximum absolute atomic E-state index is 4.86. The van der Waals surface area contributed by atoms with Crippen molar-refractivity contribution < 1.29 is 0 Å². The summed E-state index contributed by atoms with van der Waals surface area (Å²) >= 11 is 0. The Morgan fingerprint density at radius 3 is 2.34 bits per heavy atom. The first-order valence-corrected chi connectivity index (χ1v) is 9.58. The van der Waals surface area contributed by atoms with Crippen LogP contribution in [0.4, 0.5) is 0 Å². The van der Waals surface area contributed by atoms with Gasteiger partial charge < -0.3 is 5.32 Å². The summed E-state index contributed by atoms with van der Waals surface area (Å²) in [5.74, 6) is 0. The highest BCUT2D eigenvalue weighted by Gasteiger charge is 2.13. The number of pyridine rings is 1. The van der Waals surface area contributed by atoms with Crippen LogP contribution in [0.2, 0.25) is 0 Å². The number of halogens is 1. The highest BCUT2D eigenvalue weighted by atomic mass is 35.5. The fraction of sp³-hybridized carbons (Fsp3) is 0.167. The molecule has 2 heterocycles. The average Bonchev–Trinajstić information content (AvgIpc) is 3.16. The molecule has 4 rings (SSSR count). The quantitative estimate of drug-likeness (QED) is 0.456. The van der Waals surface area contributed by atoms with E-state index < -0.39 is 0 Å². The Morgan fingerprint density at radius 2 is 1.66 bits per heavy atom. The van der Waals surface area contributed by atoms with Gasteiger partial charge in [-0.15, -0.1) is 12.4 Å². The number of rotatable bonds is 7. The fourth-order valence-electron chi connectivity index (χ4n) is 3.31. The van der Waals surface area contributed by atoms with E-state index >= 15 is 0 Å². The topological polar surface area (TPSA) is 42.7 Å². The molecule has 0 saturated carbocycles. The van der Waals surface area contributed by atoms with Gasteiger partial charge in [-0.3, -0.25) is 9.67 Å². The van der Waals surface area contributed by atoms with Gasteiger partial charge in [0.25, 0.3) is 0 Å². The van der Waals surface area contributed by atoms with Gasteiger partial charge in [-0.05, 0) is 30.2 Å². The first-order chi connectivity index (χ1) is 13.8. The molecular weight excluding hydrogens is 380 g/mol. The molecule has 1 unspecified atom stereocenters. The second kappa shape index (κ2) is 10.0. The van der Waals surface area contributed by atoms with Crippen molar-refractivity contribution in [1.82, 2.24) is 20.1 Å². The van der Waals surface area contributed by atoms with Crippen molar-refractivity contribution in [3.8, 4) is 11.3 Å². The Hall–Kier alpha value is -2.95. The second-order valence-corrected chi connectivity index (χ2v) is 6.94. The normalized spacial score (nSPS) is 11.6. The SMILES string of the molecule is CC(NCc1cn(Cc2ccccc2)nc1-c1cccnc1)c1ccccc1.Cl. The fourth-order valence-corrected chi connectivity index (χ4v) is 3.31. The molecule has 0 radical (unpaired) electrons. The minimum Gasteiger partial charge on any atom is -0.306 e. The monoisotopic (exact) mass is 404 g/mol. The molecule has 0 aliphatic rings.